The van der Waals surface area contributed by atoms with Gasteiger partial charge in [-0.15, -0.1) is 0 Å². The van der Waals surface area contributed by atoms with Crippen molar-refractivity contribution in [3.63, 3.8) is 0 Å². The summed E-state index contributed by atoms with van der Waals surface area (Å²) in [6.45, 7) is 0. The molecular formula is C15H11ClO4S. The van der Waals surface area contributed by atoms with E-state index in [1.54, 1.807) is 24.3 Å². The maximum Gasteiger partial charge on any atom is 0.345 e. The summed E-state index contributed by atoms with van der Waals surface area (Å²) >= 11 is 6.18. The molecule has 0 N–H and O–H groups in total. The Balaban J connectivity index is 1.96. The fourth-order valence-electron chi connectivity index (χ4n) is 2.28. The summed E-state index contributed by atoms with van der Waals surface area (Å²) in [4.78, 5) is 12.4. The molecule has 2 aromatic rings. The molecule has 0 radical (unpaired) electrons. The van der Waals surface area contributed by atoms with Crippen molar-refractivity contribution >= 4 is 27.4 Å². The van der Waals surface area contributed by atoms with Crippen molar-refractivity contribution in [1.82, 2.24) is 0 Å². The van der Waals surface area contributed by atoms with Gasteiger partial charge < -0.3 is 4.74 Å². The van der Waals surface area contributed by atoms with E-state index in [4.69, 9.17) is 16.3 Å². The van der Waals surface area contributed by atoms with Gasteiger partial charge in [0, 0.05) is 0 Å². The van der Waals surface area contributed by atoms with Crippen LogP contribution in [0, 0.1) is 0 Å². The molecule has 0 saturated carbocycles. The fraction of sp³-hybridized carbons (Fsp3) is 0.133. The van der Waals surface area contributed by atoms with E-state index in [-0.39, 0.29) is 21.2 Å². The van der Waals surface area contributed by atoms with Crippen molar-refractivity contribution in [1.29, 1.82) is 0 Å². The minimum atomic E-state index is -3.27. The second kappa shape index (κ2) is 5.16. The Morgan fingerprint density at radius 2 is 1.81 bits per heavy atom. The largest absolute Gasteiger partial charge is 0.423 e. The number of sulfone groups is 1. The van der Waals surface area contributed by atoms with Crippen LogP contribution >= 0.6 is 11.6 Å². The van der Waals surface area contributed by atoms with Gasteiger partial charge >= 0.3 is 5.97 Å². The first kappa shape index (κ1) is 14.1. The smallest absolute Gasteiger partial charge is 0.345 e. The molecule has 108 valence electrons. The van der Waals surface area contributed by atoms with E-state index in [2.05, 4.69) is 0 Å². The van der Waals surface area contributed by atoms with Crippen LogP contribution in [0.5, 0.6) is 5.75 Å². The van der Waals surface area contributed by atoms with E-state index in [0.717, 1.165) is 0 Å². The SMILES string of the molecule is O=C(Oc1ccccc1)c1ccc2c(c1Cl)CCS2(=O)=O. The topological polar surface area (TPSA) is 60.4 Å². The summed E-state index contributed by atoms with van der Waals surface area (Å²) in [6.07, 6.45) is 0.322. The number of carbonyl (C=O) groups excluding carboxylic acids is 1. The lowest BCUT2D eigenvalue weighted by atomic mass is 10.1. The first-order valence-corrected chi connectivity index (χ1v) is 8.33. The summed E-state index contributed by atoms with van der Waals surface area (Å²) in [7, 11) is -3.27. The second-order valence-corrected chi connectivity index (χ2v) is 7.13. The van der Waals surface area contributed by atoms with Crippen molar-refractivity contribution in [2.75, 3.05) is 5.75 Å². The van der Waals surface area contributed by atoms with E-state index >= 15 is 0 Å². The molecular weight excluding hydrogens is 312 g/mol. The lowest BCUT2D eigenvalue weighted by Gasteiger charge is -2.08. The number of fused-ring (bicyclic) bond motifs is 1. The highest BCUT2D eigenvalue weighted by molar-refractivity contribution is 7.91. The zero-order valence-electron chi connectivity index (χ0n) is 10.9. The maximum atomic E-state index is 12.1. The average Bonchev–Trinajstić information content (AvgIpc) is 2.77. The van der Waals surface area contributed by atoms with Crippen LogP contribution < -0.4 is 4.74 Å². The minimum absolute atomic E-state index is 0.0270. The highest BCUT2D eigenvalue weighted by atomic mass is 35.5. The van der Waals surface area contributed by atoms with E-state index in [9.17, 15) is 13.2 Å². The zero-order valence-corrected chi connectivity index (χ0v) is 12.4. The number of halogens is 1. The first-order chi connectivity index (χ1) is 9.99. The van der Waals surface area contributed by atoms with Gasteiger partial charge in [0.1, 0.15) is 5.75 Å². The standard InChI is InChI=1S/C15H11ClO4S/c16-14-11-8-9-21(18,19)13(11)7-6-12(14)15(17)20-10-4-2-1-3-5-10/h1-7H,8-9H2. The highest BCUT2D eigenvalue weighted by Crippen LogP contribution is 2.34. The Labute approximate surface area is 127 Å². The van der Waals surface area contributed by atoms with Crippen molar-refractivity contribution in [3.05, 3.63) is 58.6 Å². The second-order valence-electron chi connectivity index (χ2n) is 4.68. The number of ether oxygens (including phenoxy) is 1. The lowest BCUT2D eigenvalue weighted by molar-refractivity contribution is 0.0734. The van der Waals surface area contributed by atoms with Gasteiger partial charge in [0.2, 0.25) is 0 Å². The van der Waals surface area contributed by atoms with Gasteiger partial charge in [-0.05, 0) is 36.2 Å². The van der Waals surface area contributed by atoms with Crippen LogP contribution in [0.1, 0.15) is 15.9 Å². The lowest BCUT2D eigenvalue weighted by Crippen LogP contribution is -2.10. The van der Waals surface area contributed by atoms with Crippen molar-refractivity contribution in [3.8, 4) is 5.75 Å². The van der Waals surface area contributed by atoms with Crippen LogP contribution in [-0.4, -0.2) is 20.1 Å². The molecule has 3 rings (SSSR count). The van der Waals surface area contributed by atoms with Gasteiger partial charge in [0.05, 0.1) is 21.2 Å². The molecule has 0 fully saturated rings. The van der Waals surface area contributed by atoms with Crippen LogP contribution in [0.25, 0.3) is 0 Å². The van der Waals surface area contributed by atoms with Crippen LogP contribution in [-0.2, 0) is 16.3 Å². The average molecular weight is 323 g/mol. The summed E-state index contributed by atoms with van der Waals surface area (Å²) in [5.74, 6) is -0.163. The molecule has 1 aliphatic rings. The number of benzene rings is 2. The van der Waals surface area contributed by atoms with E-state index in [1.807, 2.05) is 6.07 Å². The monoisotopic (exact) mass is 322 g/mol. The Kier molecular flexibility index (Phi) is 3.47. The number of hydrogen-bond donors (Lipinski definition) is 0. The molecule has 0 bridgehead atoms. The molecule has 1 aliphatic heterocycles. The van der Waals surface area contributed by atoms with Gasteiger partial charge in [-0.25, -0.2) is 13.2 Å². The Hall–Kier alpha value is -1.85. The third-order valence-corrected chi connectivity index (χ3v) is 5.56. The Morgan fingerprint density at radius 3 is 2.52 bits per heavy atom. The van der Waals surface area contributed by atoms with Crippen molar-refractivity contribution in [2.24, 2.45) is 0 Å². The van der Waals surface area contributed by atoms with Crippen LogP contribution in [0.4, 0.5) is 0 Å². The van der Waals surface area contributed by atoms with Crippen molar-refractivity contribution < 1.29 is 17.9 Å². The normalized spacial score (nSPS) is 15.5. The van der Waals surface area contributed by atoms with Gasteiger partial charge in [0.25, 0.3) is 0 Å². The fourth-order valence-corrected chi connectivity index (χ4v) is 4.22. The molecule has 6 heteroatoms. The molecule has 2 aromatic carbocycles. The molecule has 1 heterocycles. The molecule has 0 aromatic heterocycles. The number of hydrogen-bond acceptors (Lipinski definition) is 4. The van der Waals surface area contributed by atoms with Gasteiger partial charge in [0.15, 0.2) is 9.84 Å². The third kappa shape index (κ3) is 2.54. The molecule has 0 spiro atoms. The first-order valence-electron chi connectivity index (χ1n) is 6.30. The predicted octanol–water partition coefficient (Wildman–Crippen LogP) is 2.89. The summed E-state index contributed by atoms with van der Waals surface area (Å²) in [6, 6.07) is 11.4. The molecule has 0 unspecified atom stereocenters. The summed E-state index contributed by atoms with van der Waals surface area (Å²) in [5, 5.41) is 0.162. The van der Waals surface area contributed by atoms with Crippen LogP contribution in [0.15, 0.2) is 47.4 Å². The molecule has 0 amide bonds. The van der Waals surface area contributed by atoms with E-state index in [1.165, 1.54) is 12.1 Å². The van der Waals surface area contributed by atoms with Gasteiger partial charge in [-0.1, -0.05) is 29.8 Å². The Morgan fingerprint density at radius 1 is 1.10 bits per heavy atom. The quantitative estimate of drug-likeness (QED) is 0.630. The highest BCUT2D eigenvalue weighted by Gasteiger charge is 2.30. The summed E-state index contributed by atoms with van der Waals surface area (Å²) < 4.78 is 28.8. The Bertz CT molecular complexity index is 813. The zero-order chi connectivity index (χ0) is 15.0. The molecule has 4 nitrogen and oxygen atoms in total. The van der Waals surface area contributed by atoms with Gasteiger partial charge in [-0.2, -0.15) is 0 Å². The van der Waals surface area contributed by atoms with E-state index in [0.29, 0.717) is 17.7 Å². The number of para-hydroxylation sites is 1. The summed E-state index contributed by atoms with van der Waals surface area (Å²) in [5.41, 5.74) is 0.676. The van der Waals surface area contributed by atoms with Crippen molar-refractivity contribution in [2.45, 2.75) is 11.3 Å². The van der Waals surface area contributed by atoms with E-state index < -0.39 is 15.8 Å². The molecule has 0 atom stereocenters. The number of esters is 1. The van der Waals surface area contributed by atoms with Gasteiger partial charge in [-0.3, -0.25) is 0 Å². The third-order valence-electron chi connectivity index (χ3n) is 3.33. The number of rotatable bonds is 2. The molecule has 0 saturated heterocycles. The van der Waals surface area contributed by atoms with Crippen LogP contribution in [0.2, 0.25) is 5.02 Å². The maximum absolute atomic E-state index is 12.1. The molecule has 21 heavy (non-hydrogen) atoms. The number of carbonyl (C=O) groups is 1. The predicted molar refractivity (Wildman–Crippen MR) is 78.6 cm³/mol. The molecule has 0 aliphatic carbocycles. The minimum Gasteiger partial charge on any atom is -0.423 e. The van der Waals surface area contributed by atoms with Crippen LogP contribution in [0.3, 0.4) is 0 Å².